The molecule has 6 nitrogen and oxygen atoms in total. The predicted octanol–water partition coefficient (Wildman–Crippen LogP) is 5.27. The highest BCUT2D eigenvalue weighted by Gasteiger charge is 2.26. The van der Waals surface area contributed by atoms with Crippen LogP contribution in [0.5, 0.6) is 0 Å². The van der Waals surface area contributed by atoms with E-state index in [1.807, 2.05) is 18.2 Å². The number of alkyl halides is 2. The van der Waals surface area contributed by atoms with E-state index in [0.29, 0.717) is 37.1 Å². The van der Waals surface area contributed by atoms with Gasteiger partial charge in [-0.05, 0) is 38.0 Å². The number of anilines is 2. The first-order chi connectivity index (χ1) is 15.9. The Kier molecular flexibility index (Phi) is 6.67. The van der Waals surface area contributed by atoms with Crippen molar-refractivity contribution in [1.29, 1.82) is 0 Å². The minimum absolute atomic E-state index is 0.0884. The fourth-order valence-electron chi connectivity index (χ4n) is 4.28. The second-order valence-electron chi connectivity index (χ2n) is 8.16. The van der Waals surface area contributed by atoms with Crippen molar-refractivity contribution in [3.63, 3.8) is 0 Å². The Hall–Kier alpha value is -3.36. The van der Waals surface area contributed by atoms with E-state index in [1.165, 1.54) is 19.2 Å². The molecule has 9 heteroatoms. The number of ether oxygens (including phenoxy) is 1. The summed E-state index contributed by atoms with van der Waals surface area (Å²) >= 11 is 0. The van der Waals surface area contributed by atoms with Gasteiger partial charge in [0.15, 0.2) is 0 Å². The number of hydrogen-bond donors (Lipinski definition) is 1. The van der Waals surface area contributed by atoms with Crippen molar-refractivity contribution >= 4 is 28.2 Å². The van der Waals surface area contributed by atoms with Crippen molar-refractivity contribution in [2.75, 3.05) is 30.4 Å². The zero-order chi connectivity index (χ0) is 23.5. The Morgan fingerprint density at radius 3 is 2.61 bits per heavy atom. The molecule has 0 amide bonds. The number of fused-ring (bicyclic) bond motifs is 1. The molecule has 1 atom stereocenters. The molecule has 0 unspecified atom stereocenters. The minimum Gasteiger partial charge on any atom is -0.469 e. The second kappa shape index (κ2) is 9.64. The normalized spacial score (nSPS) is 15.6. The molecule has 0 spiro atoms. The van der Waals surface area contributed by atoms with Gasteiger partial charge < -0.3 is 15.0 Å². The van der Waals surface area contributed by atoms with Crippen molar-refractivity contribution in [3.05, 3.63) is 59.5 Å². The molecule has 1 aliphatic heterocycles. The highest BCUT2D eigenvalue weighted by molar-refractivity contribution is 5.93. The number of methoxy groups -OCH3 is 1. The molecule has 0 saturated carbocycles. The first kappa shape index (κ1) is 22.8. The molecule has 2 aromatic carbocycles. The Balaban J connectivity index is 1.58. The van der Waals surface area contributed by atoms with Crippen LogP contribution >= 0.6 is 0 Å². The van der Waals surface area contributed by atoms with Gasteiger partial charge in [-0.25, -0.2) is 13.2 Å². The molecule has 174 valence electrons. The molecular formula is C24H25F3N4O2. The molecule has 0 bridgehead atoms. The highest BCUT2D eigenvalue weighted by Crippen LogP contribution is 2.33. The van der Waals surface area contributed by atoms with Crippen LogP contribution in [0.1, 0.15) is 43.4 Å². The molecule has 4 rings (SSSR count). The molecule has 1 aliphatic rings. The monoisotopic (exact) mass is 458 g/mol. The van der Waals surface area contributed by atoms with Gasteiger partial charge in [-0.15, -0.1) is 0 Å². The Morgan fingerprint density at radius 2 is 1.91 bits per heavy atom. The highest BCUT2D eigenvalue weighted by atomic mass is 19.3. The lowest BCUT2D eigenvalue weighted by Crippen LogP contribution is -2.36. The zero-order valence-electron chi connectivity index (χ0n) is 18.4. The van der Waals surface area contributed by atoms with Gasteiger partial charge in [0, 0.05) is 29.7 Å². The van der Waals surface area contributed by atoms with E-state index in [2.05, 4.69) is 20.4 Å². The van der Waals surface area contributed by atoms with Crippen LogP contribution in [0.15, 0.2) is 42.6 Å². The van der Waals surface area contributed by atoms with Crippen LogP contribution in [0.4, 0.5) is 24.5 Å². The van der Waals surface area contributed by atoms with Crippen LogP contribution in [-0.4, -0.2) is 36.4 Å². The largest absolute Gasteiger partial charge is 0.469 e. The molecule has 3 aromatic rings. The van der Waals surface area contributed by atoms with Gasteiger partial charge >= 0.3 is 5.97 Å². The smallest absolute Gasteiger partial charge is 0.308 e. The topological polar surface area (TPSA) is 67.3 Å². The number of piperidine rings is 1. The molecule has 0 radical (unpaired) electrons. The summed E-state index contributed by atoms with van der Waals surface area (Å²) in [6.45, 7) is 3.14. The first-order valence-electron chi connectivity index (χ1n) is 10.8. The quantitative estimate of drug-likeness (QED) is 0.508. The van der Waals surface area contributed by atoms with E-state index in [-0.39, 0.29) is 17.5 Å². The van der Waals surface area contributed by atoms with Crippen LogP contribution in [0.3, 0.4) is 0 Å². The lowest BCUT2D eigenvalue weighted by molar-refractivity contribution is -0.146. The van der Waals surface area contributed by atoms with Crippen molar-refractivity contribution in [2.24, 2.45) is 5.92 Å². The van der Waals surface area contributed by atoms with E-state index < -0.39 is 23.8 Å². The average molecular weight is 458 g/mol. The number of nitrogens with one attached hydrogen (secondary N) is 1. The van der Waals surface area contributed by atoms with Gasteiger partial charge in [0.05, 0.1) is 42.0 Å². The Bertz CT molecular complexity index is 1150. The fraction of sp³-hybridized carbons (Fsp3) is 0.375. The third-order valence-electron chi connectivity index (χ3n) is 6.15. The summed E-state index contributed by atoms with van der Waals surface area (Å²) in [5.74, 6) is -1.17. The van der Waals surface area contributed by atoms with E-state index in [0.717, 1.165) is 17.1 Å². The van der Waals surface area contributed by atoms with Gasteiger partial charge in [0.1, 0.15) is 5.82 Å². The molecule has 2 heterocycles. The SMILES string of the molecule is COC(=O)C1CCN(c2ccc3nncc(N[C@H](C)c4cccc(C(F)F)c4F)c3c2)CC1. The van der Waals surface area contributed by atoms with Crippen LogP contribution in [-0.2, 0) is 9.53 Å². The van der Waals surface area contributed by atoms with E-state index in [9.17, 15) is 18.0 Å². The molecule has 0 aliphatic carbocycles. The molecular weight excluding hydrogens is 433 g/mol. The maximum atomic E-state index is 14.6. The van der Waals surface area contributed by atoms with E-state index in [4.69, 9.17) is 4.74 Å². The number of rotatable bonds is 6. The van der Waals surface area contributed by atoms with E-state index >= 15 is 0 Å². The summed E-state index contributed by atoms with van der Waals surface area (Å²) in [7, 11) is 1.41. The minimum atomic E-state index is -2.88. The fourth-order valence-corrected chi connectivity index (χ4v) is 4.28. The number of carbonyl (C=O) groups excluding carboxylic acids is 1. The zero-order valence-corrected chi connectivity index (χ0v) is 18.4. The molecule has 1 fully saturated rings. The number of nitrogens with zero attached hydrogens (tertiary/aromatic N) is 3. The van der Waals surface area contributed by atoms with Gasteiger partial charge in [-0.3, -0.25) is 4.79 Å². The maximum Gasteiger partial charge on any atom is 0.308 e. The van der Waals surface area contributed by atoms with Crippen molar-refractivity contribution in [3.8, 4) is 0 Å². The van der Waals surface area contributed by atoms with E-state index in [1.54, 1.807) is 13.1 Å². The Morgan fingerprint density at radius 1 is 1.18 bits per heavy atom. The van der Waals surface area contributed by atoms with Gasteiger partial charge in [-0.2, -0.15) is 10.2 Å². The van der Waals surface area contributed by atoms with Crippen molar-refractivity contribution < 1.29 is 22.7 Å². The lowest BCUT2D eigenvalue weighted by atomic mass is 9.96. The number of hydrogen-bond acceptors (Lipinski definition) is 6. The lowest BCUT2D eigenvalue weighted by Gasteiger charge is -2.32. The molecule has 33 heavy (non-hydrogen) atoms. The molecule has 1 aromatic heterocycles. The van der Waals surface area contributed by atoms with Crippen LogP contribution in [0.2, 0.25) is 0 Å². The first-order valence-corrected chi connectivity index (χ1v) is 10.8. The predicted molar refractivity (Wildman–Crippen MR) is 120 cm³/mol. The van der Waals surface area contributed by atoms with Crippen molar-refractivity contribution in [2.45, 2.75) is 32.2 Å². The molecule has 1 N–H and O–H groups in total. The summed E-state index contributed by atoms with van der Waals surface area (Å²) in [5, 5.41) is 12.2. The van der Waals surface area contributed by atoms with Gasteiger partial charge in [0.2, 0.25) is 0 Å². The Labute approximate surface area is 189 Å². The third-order valence-corrected chi connectivity index (χ3v) is 6.15. The van der Waals surface area contributed by atoms with Crippen molar-refractivity contribution in [1.82, 2.24) is 10.2 Å². The van der Waals surface area contributed by atoms with Gasteiger partial charge in [-0.1, -0.05) is 18.2 Å². The summed E-state index contributed by atoms with van der Waals surface area (Å²) in [6.07, 6.45) is 0.0788. The van der Waals surface area contributed by atoms with Crippen LogP contribution in [0.25, 0.3) is 10.9 Å². The summed E-state index contributed by atoms with van der Waals surface area (Å²) in [4.78, 5) is 14.0. The summed E-state index contributed by atoms with van der Waals surface area (Å²) < 4.78 is 45.7. The number of carbonyl (C=O) groups is 1. The number of halogens is 3. The average Bonchev–Trinajstić information content (AvgIpc) is 2.83. The van der Waals surface area contributed by atoms with Crippen LogP contribution in [0, 0.1) is 11.7 Å². The van der Waals surface area contributed by atoms with Crippen LogP contribution < -0.4 is 10.2 Å². The second-order valence-corrected chi connectivity index (χ2v) is 8.16. The summed E-state index contributed by atoms with van der Waals surface area (Å²) in [5.41, 5.74) is 1.79. The molecule has 1 saturated heterocycles. The van der Waals surface area contributed by atoms with Gasteiger partial charge in [0.25, 0.3) is 6.43 Å². The number of benzene rings is 2. The maximum absolute atomic E-state index is 14.6. The standard InChI is InChI=1S/C24H25F3N4O2/c1-14(17-4-3-5-18(22(17)25)23(26)27)29-21-13-28-30-20-7-6-16(12-19(20)21)31-10-8-15(9-11-31)24(32)33-2/h3-7,12-15,23H,8-11H2,1-2H3,(H,29,30)/t14-/m1/s1. The number of aromatic nitrogens is 2. The number of esters is 1. The third kappa shape index (κ3) is 4.72. The summed E-state index contributed by atoms with van der Waals surface area (Å²) in [6, 6.07) is 9.23.